The lowest BCUT2D eigenvalue weighted by molar-refractivity contribution is -0.134. The second kappa shape index (κ2) is 7.22. The third-order valence-electron chi connectivity index (χ3n) is 3.77. The van der Waals surface area contributed by atoms with Crippen molar-refractivity contribution in [2.24, 2.45) is 0 Å². The quantitative estimate of drug-likeness (QED) is 0.874. The van der Waals surface area contributed by atoms with Gasteiger partial charge in [0.25, 0.3) is 0 Å². The molecule has 1 N–H and O–H groups in total. The summed E-state index contributed by atoms with van der Waals surface area (Å²) in [7, 11) is 3.52. The topological polar surface area (TPSA) is 52.7 Å². The van der Waals surface area contributed by atoms with Gasteiger partial charge in [0.05, 0.1) is 12.6 Å². The van der Waals surface area contributed by atoms with Crippen LogP contribution in [-0.2, 0) is 16.1 Å². The highest BCUT2D eigenvalue weighted by atomic mass is 16.2. The molecule has 0 aromatic heterocycles. The van der Waals surface area contributed by atoms with E-state index in [1.54, 1.807) is 19.0 Å². The van der Waals surface area contributed by atoms with E-state index >= 15 is 0 Å². The molecule has 1 unspecified atom stereocenters. The van der Waals surface area contributed by atoms with Gasteiger partial charge in [-0.25, -0.2) is 0 Å². The van der Waals surface area contributed by atoms with Gasteiger partial charge in [0.15, 0.2) is 0 Å². The molecule has 0 radical (unpaired) electrons. The monoisotopic (exact) mass is 289 g/mol. The molecular weight excluding hydrogens is 266 g/mol. The summed E-state index contributed by atoms with van der Waals surface area (Å²) in [6, 6.07) is 9.67. The largest absolute Gasteiger partial charge is 0.351 e. The van der Waals surface area contributed by atoms with Gasteiger partial charge in [-0.2, -0.15) is 0 Å². The summed E-state index contributed by atoms with van der Waals surface area (Å²) in [6.45, 7) is 1.62. The lowest BCUT2D eigenvalue weighted by Gasteiger charge is -2.25. The maximum atomic E-state index is 12.1. The molecule has 0 spiro atoms. The molecule has 0 bridgehead atoms. The lowest BCUT2D eigenvalue weighted by Crippen LogP contribution is -2.46. The summed E-state index contributed by atoms with van der Waals surface area (Å²) in [5, 5.41) is 2.91. The Morgan fingerprint density at radius 3 is 2.67 bits per heavy atom. The van der Waals surface area contributed by atoms with Gasteiger partial charge in [0.2, 0.25) is 11.8 Å². The highest BCUT2D eigenvalue weighted by molar-refractivity contribution is 5.83. The number of hydrogen-bond acceptors (Lipinski definition) is 3. The summed E-state index contributed by atoms with van der Waals surface area (Å²) in [5.41, 5.74) is 1.08. The third kappa shape index (κ3) is 4.29. The predicted molar refractivity (Wildman–Crippen MR) is 81.6 cm³/mol. The normalized spacial score (nSPS) is 18.5. The van der Waals surface area contributed by atoms with Crippen molar-refractivity contribution in [1.82, 2.24) is 15.1 Å². The molecule has 1 fully saturated rings. The molecule has 1 atom stereocenters. The maximum Gasteiger partial charge on any atom is 0.239 e. The van der Waals surface area contributed by atoms with Gasteiger partial charge in [-0.3, -0.25) is 14.5 Å². The fourth-order valence-electron chi connectivity index (χ4n) is 2.63. The minimum absolute atomic E-state index is 0.0303. The second-order valence-corrected chi connectivity index (χ2v) is 5.62. The van der Waals surface area contributed by atoms with Crippen LogP contribution in [0, 0.1) is 0 Å². The second-order valence-electron chi connectivity index (χ2n) is 5.62. The first kappa shape index (κ1) is 15.5. The van der Waals surface area contributed by atoms with Crippen molar-refractivity contribution in [3.63, 3.8) is 0 Å². The van der Waals surface area contributed by atoms with Gasteiger partial charge >= 0.3 is 0 Å². The van der Waals surface area contributed by atoms with Crippen LogP contribution in [0.15, 0.2) is 30.3 Å². The molecule has 1 aliphatic heterocycles. The van der Waals surface area contributed by atoms with Gasteiger partial charge in [-0.1, -0.05) is 30.3 Å². The number of rotatable bonds is 5. The maximum absolute atomic E-state index is 12.1. The average Bonchev–Trinajstić information content (AvgIpc) is 2.93. The number of benzene rings is 1. The van der Waals surface area contributed by atoms with Gasteiger partial charge in [-0.05, 0) is 24.9 Å². The Kier molecular flexibility index (Phi) is 5.33. The van der Waals surface area contributed by atoms with Crippen molar-refractivity contribution in [2.45, 2.75) is 25.4 Å². The molecular formula is C16H23N3O2. The molecule has 1 saturated heterocycles. The van der Waals surface area contributed by atoms with Crippen molar-refractivity contribution < 1.29 is 9.59 Å². The van der Waals surface area contributed by atoms with E-state index in [1.807, 2.05) is 35.2 Å². The Morgan fingerprint density at radius 2 is 2.00 bits per heavy atom. The molecule has 0 saturated carbocycles. The van der Waals surface area contributed by atoms with Gasteiger partial charge < -0.3 is 10.2 Å². The van der Waals surface area contributed by atoms with E-state index in [9.17, 15) is 9.59 Å². The Morgan fingerprint density at radius 1 is 1.29 bits per heavy atom. The average molecular weight is 289 g/mol. The smallest absolute Gasteiger partial charge is 0.239 e. The van der Waals surface area contributed by atoms with Crippen LogP contribution in [0.2, 0.25) is 0 Å². The number of likely N-dealkylation sites (tertiary alicyclic amines) is 1. The molecule has 21 heavy (non-hydrogen) atoms. The molecule has 1 aromatic carbocycles. The fourth-order valence-corrected chi connectivity index (χ4v) is 2.63. The van der Waals surface area contributed by atoms with E-state index in [2.05, 4.69) is 5.32 Å². The summed E-state index contributed by atoms with van der Waals surface area (Å²) < 4.78 is 0. The number of nitrogens with one attached hydrogen (secondary N) is 1. The van der Waals surface area contributed by atoms with E-state index in [-0.39, 0.29) is 24.4 Å². The van der Waals surface area contributed by atoms with Crippen LogP contribution >= 0.6 is 0 Å². The molecule has 114 valence electrons. The Bertz CT molecular complexity index is 488. The third-order valence-corrected chi connectivity index (χ3v) is 3.77. The van der Waals surface area contributed by atoms with Crippen LogP contribution in [0.1, 0.15) is 18.4 Å². The molecule has 5 nitrogen and oxygen atoms in total. The lowest BCUT2D eigenvalue weighted by atomic mass is 10.2. The van der Waals surface area contributed by atoms with Crippen LogP contribution in [0.25, 0.3) is 0 Å². The number of nitrogens with zero attached hydrogens (tertiary/aromatic N) is 2. The van der Waals surface area contributed by atoms with E-state index in [0.717, 1.165) is 24.9 Å². The number of hydrogen-bond donors (Lipinski definition) is 1. The zero-order valence-electron chi connectivity index (χ0n) is 12.7. The zero-order valence-corrected chi connectivity index (χ0v) is 12.7. The van der Waals surface area contributed by atoms with Gasteiger partial charge in [0, 0.05) is 20.6 Å². The van der Waals surface area contributed by atoms with Crippen molar-refractivity contribution >= 4 is 11.8 Å². The fraction of sp³-hybridized carbons (Fsp3) is 0.500. The van der Waals surface area contributed by atoms with Gasteiger partial charge in [0.1, 0.15) is 0 Å². The van der Waals surface area contributed by atoms with Crippen LogP contribution < -0.4 is 5.32 Å². The number of carbonyl (C=O) groups excluding carboxylic acids is 2. The SMILES string of the molecule is CN(C)C(=O)C1CCCN1CC(=O)NCc1ccccc1. The summed E-state index contributed by atoms with van der Waals surface area (Å²) in [6.07, 6.45) is 1.80. The van der Waals surface area contributed by atoms with Crippen LogP contribution in [0.4, 0.5) is 0 Å². The minimum atomic E-state index is -0.150. The van der Waals surface area contributed by atoms with E-state index in [1.165, 1.54) is 0 Å². The van der Waals surface area contributed by atoms with Crippen LogP contribution in [0.3, 0.4) is 0 Å². The van der Waals surface area contributed by atoms with Crippen molar-refractivity contribution in [3.8, 4) is 0 Å². The molecule has 2 rings (SSSR count). The number of carbonyl (C=O) groups is 2. The molecule has 0 aliphatic carbocycles. The molecule has 5 heteroatoms. The first-order valence-electron chi connectivity index (χ1n) is 7.34. The van der Waals surface area contributed by atoms with Crippen molar-refractivity contribution in [1.29, 1.82) is 0 Å². The number of amides is 2. The standard InChI is InChI=1S/C16H23N3O2/c1-18(2)16(21)14-9-6-10-19(14)12-15(20)17-11-13-7-4-3-5-8-13/h3-5,7-8,14H,6,9-12H2,1-2H3,(H,17,20). The first-order valence-corrected chi connectivity index (χ1v) is 7.34. The number of likely N-dealkylation sites (N-methyl/N-ethyl adjacent to an activating group) is 1. The Balaban J connectivity index is 1.83. The van der Waals surface area contributed by atoms with Crippen LogP contribution in [-0.4, -0.2) is 54.8 Å². The van der Waals surface area contributed by atoms with Gasteiger partial charge in [-0.15, -0.1) is 0 Å². The zero-order chi connectivity index (χ0) is 15.2. The molecule has 1 aliphatic rings. The summed E-state index contributed by atoms with van der Waals surface area (Å²) in [5.74, 6) is 0.0562. The Labute approximate surface area is 125 Å². The van der Waals surface area contributed by atoms with Crippen molar-refractivity contribution in [2.75, 3.05) is 27.2 Å². The summed E-state index contributed by atoms with van der Waals surface area (Å²) >= 11 is 0. The molecule has 2 amide bonds. The predicted octanol–water partition coefficient (Wildman–Crippen LogP) is 0.855. The minimum Gasteiger partial charge on any atom is -0.351 e. The van der Waals surface area contributed by atoms with Crippen LogP contribution in [0.5, 0.6) is 0 Å². The van der Waals surface area contributed by atoms with Crippen molar-refractivity contribution in [3.05, 3.63) is 35.9 Å². The van der Waals surface area contributed by atoms with E-state index < -0.39 is 0 Å². The Hall–Kier alpha value is -1.88. The van der Waals surface area contributed by atoms with E-state index in [0.29, 0.717) is 6.54 Å². The highest BCUT2D eigenvalue weighted by Gasteiger charge is 2.32. The summed E-state index contributed by atoms with van der Waals surface area (Å²) in [4.78, 5) is 27.7. The highest BCUT2D eigenvalue weighted by Crippen LogP contribution is 2.18. The van der Waals surface area contributed by atoms with E-state index in [4.69, 9.17) is 0 Å². The molecule has 1 aromatic rings. The first-order chi connectivity index (χ1) is 10.1. The molecule has 1 heterocycles.